The molecular weight excluding hydrogens is 401 g/mol. The second-order valence-electron chi connectivity index (χ2n) is 6.09. The van der Waals surface area contributed by atoms with Crippen LogP contribution in [0.15, 0.2) is 41.8 Å². The van der Waals surface area contributed by atoms with E-state index in [1.807, 2.05) is 0 Å². The molecule has 0 spiro atoms. The number of thiophene rings is 1. The molecule has 148 valence electrons. The van der Waals surface area contributed by atoms with Crippen molar-refractivity contribution in [3.8, 4) is 0 Å². The summed E-state index contributed by atoms with van der Waals surface area (Å²) in [6, 6.07) is 4.55. The van der Waals surface area contributed by atoms with Crippen molar-refractivity contribution in [3.05, 3.63) is 57.8 Å². The first-order valence-corrected chi connectivity index (χ1v) is 8.71. The number of carbonyl (C=O) groups excluding carboxylic acids is 2. The Kier molecular flexibility index (Phi) is 4.90. The summed E-state index contributed by atoms with van der Waals surface area (Å²) in [5, 5.41) is 24.5. The lowest BCUT2D eigenvalue weighted by Gasteiger charge is -2.44. The number of alkyl halides is 3. The number of carbonyl (C=O) groups is 3. The van der Waals surface area contributed by atoms with Gasteiger partial charge in [0.15, 0.2) is 5.78 Å². The van der Waals surface area contributed by atoms with Crippen molar-refractivity contribution in [2.24, 2.45) is 5.92 Å². The zero-order valence-corrected chi connectivity index (χ0v) is 14.7. The zero-order chi connectivity index (χ0) is 20.7. The van der Waals surface area contributed by atoms with E-state index in [4.69, 9.17) is 5.11 Å². The molecular formula is C17H13F3N2O5S. The topological polar surface area (TPSA) is 116 Å². The molecule has 1 aliphatic rings. The molecule has 2 amide bonds. The number of hydrogen-bond donors (Lipinski definition) is 4. The van der Waals surface area contributed by atoms with Gasteiger partial charge in [-0.25, -0.2) is 9.59 Å². The minimum Gasteiger partial charge on any atom is -0.478 e. The van der Waals surface area contributed by atoms with Crippen LogP contribution in [0.1, 0.15) is 31.6 Å². The van der Waals surface area contributed by atoms with Crippen LogP contribution < -0.4 is 10.6 Å². The Balaban J connectivity index is 2.12. The average molecular weight is 414 g/mol. The third-order valence-electron chi connectivity index (χ3n) is 4.37. The first-order valence-electron chi connectivity index (χ1n) is 7.83. The largest absolute Gasteiger partial charge is 0.478 e. The minimum atomic E-state index is -5.35. The number of aromatic carboxylic acids is 1. The number of carboxylic acid groups (broad SMARTS) is 1. The van der Waals surface area contributed by atoms with E-state index < -0.39 is 41.6 Å². The van der Waals surface area contributed by atoms with Gasteiger partial charge in [-0.2, -0.15) is 13.2 Å². The van der Waals surface area contributed by atoms with E-state index in [-0.39, 0.29) is 16.0 Å². The number of amides is 2. The third-order valence-corrected chi connectivity index (χ3v) is 5.25. The predicted octanol–water partition coefficient (Wildman–Crippen LogP) is 2.55. The molecule has 0 bridgehead atoms. The molecule has 1 aromatic heterocycles. The summed E-state index contributed by atoms with van der Waals surface area (Å²) in [5.74, 6) is -4.41. The fraction of sp³-hybridized carbons (Fsp3) is 0.235. The first kappa shape index (κ1) is 19.8. The lowest BCUT2D eigenvalue weighted by Crippen LogP contribution is -2.72. The van der Waals surface area contributed by atoms with E-state index >= 15 is 0 Å². The molecule has 1 saturated heterocycles. The van der Waals surface area contributed by atoms with Crippen LogP contribution in [0.2, 0.25) is 0 Å². The summed E-state index contributed by atoms with van der Waals surface area (Å²) in [4.78, 5) is 35.7. The second kappa shape index (κ2) is 6.91. The Morgan fingerprint density at radius 2 is 1.79 bits per heavy atom. The quantitative estimate of drug-likeness (QED) is 0.574. The maximum Gasteiger partial charge on any atom is 0.437 e. The van der Waals surface area contributed by atoms with E-state index in [1.165, 1.54) is 35.0 Å². The van der Waals surface area contributed by atoms with Crippen molar-refractivity contribution in [3.63, 3.8) is 0 Å². The number of Topliss-reactive ketones (excluding diaryl/α,β-unsaturated/α-hetero) is 1. The Morgan fingerprint density at radius 1 is 1.14 bits per heavy atom. The highest BCUT2D eigenvalue weighted by Gasteiger charge is 2.66. The minimum absolute atomic E-state index is 0.0298. The van der Waals surface area contributed by atoms with Crippen molar-refractivity contribution in [2.45, 2.75) is 17.9 Å². The molecule has 3 atom stereocenters. The molecule has 0 radical (unpaired) electrons. The van der Waals surface area contributed by atoms with Crippen molar-refractivity contribution < 1.29 is 37.8 Å². The third kappa shape index (κ3) is 3.34. The van der Waals surface area contributed by atoms with Gasteiger partial charge in [-0.1, -0.05) is 18.2 Å². The summed E-state index contributed by atoms with van der Waals surface area (Å²) in [6.07, 6.45) is -5.35. The van der Waals surface area contributed by atoms with Crippen molar-refractivity contribution in [1.82, 2.24) is 10.6 Å². The van der Waals surface area contributed by atoms with Crippen molar-refractivity contribution >= 4 is 29.1 Å². The highest BCUT2D eigenvalue weighted by molar-refractivity contribution is 7.12. The Morgan fingerprint density at radius 3 is 2.29 bits per heavy atom. The molecule has 0 unspecified atom stereocenters. The highest BCUT2D eigenvalue weighted by atomic mass is 32.1. The lowest BCUT2D eigenvalue weighted by molar-refractivity contribution is -0.287. The fourth-order valence-electron chi connectivity index (χ4n) is 3.02. The highest BCUT2D eigenvalue weighted by Crippen LogP contribution is 2.44. The predicted molar refractivity (Wildman–Crippen MR) is 91.0 cm³/mol. The van der Waals surface area contributed by atoms with E-state index in [1.54, 1.807) is 0 Å². The molecule has 1 aliphatic heterocycles. The molecule has 7 nitrogen and oxygen atoms in total. The van der Waals surface area contributed by atoms with Crippen LogP contribution in [0.3, 0.4) is 0 Å². The van der Waals surface area contributed by atoms with Crippen LogP contribution in [0.4, 0.5) is 18.0 Å². The van der Waals surface area contributed by atoms with Gasteiger partial charge in [0.05, 0.1) is 16.5 Å². The summed E-state index contributed by atoms with van der Waals surface area (Å²) in [5.41, 5.74) is -3.90. The number of benzene rings is 1. The van der Waals surface area contributed by atoms with Gasteiger partial charge in [0.25, 0.3) is 0 Å². The number of urea groups is 1. The molecule has 0 aliphatic carbocycles. The number of ketones is 1. The van der Waals surface area contributed by atoms with Crippen LogP contribution in [0, 0.1) is 5.92 Å². The van der Waals surface area contributed by atoms with Crippen LogP contribution in [-0.2, 0) is 0 Å². The van der Waals surface area contributed by atoms with Crippen LogP contribution in [0.25, 0.3) is 0 Å². The molecule has 1 fully saturated rings. The fourth-order valence-corrected chi connectivity index (χ4v) is 3.73. The van der Waals surface area contributed by atoms with E-state index in [2.05, 4.69) is 5.32 Å². The van der Waals surface area contributed by atoms with Crippen LogP contribution in [0.5, 0.6) is 0 Å². The van der Waals surface area contributed by atoms with E-state index in [9.17, 15) is 32.7 Å². The van der Waals surface area contributed by atoms with Crippen LogP contribution >= 0.6 is 11.3 Å². The van der Waals surface area contributed by atoms with Gasteiger partial charge in [0.1, 0.15) is 5.92 Å². The van der Waals surface area contributed by atoms with Gasteiger partial charge in [-0.3, -0.25) is 4.79 Å². The van der Waals surface area contributed by atoms with Gasteiger partial charge >= 0.3 is 18.2 Å². The van der Waals surface area contributed by atoms with E-state index in [0.29, 0.717) is 0 Å². The van der Waals surface area contributed by atoms with Gasteiger partial charge in [0, 0.05) is 0 Å². The number of halogens is 3. The average Bonchev–Trinajstić information content (AvgIpc) is 3.14. The summed E-state index contributed by atoms with van der Waals surface area (Å²) >= 11 is 0.894. The lowest BCUT2D eigenvalue weighted by atomic mass is 9.78. The van der Waals surface area contributed by atoms with E-state index in [0.717, 1.165) is 23.5 Å². The van der Waals surface area contributed by atoms with Crippen LogP contribution in [-0.4, -0.2) is 39.9 Å². The number of hydrogen-bond acceptors (Lipinski definition) is 5. The zero-order valence-electron chi connectivity index (χ0n) is 13.9. The number of rotatable bonds is 4. The molecule has 11 heteroatoms. The normalized spacial score (nSPS) is 24.9. The van der Waals surface area contributed by atoms with Gasteiger partial charge < -0.3 is 20.8 Å². The molecule has 3 rings (SSSR count). The molecule has 2 heterocycles. The summed E-state index contributed by atoms with van der Waals surface area (Å²) in [7, 11) is 0. The maximum absolute atomic E-state index is 13.7. The molecule has 28 heavy (non-hydrogen) atoms. The standard InChI is InChI=1S/C17H13F3N2O5S/c18-17(19,20)16(27)11(13(23)10-2-1-7-28-10)12(21-15(26)22-16)8-3-5-9(6-4-8)14(24)25/h1-7,11-12,27H,(H,24,25)(H2,21,22,26)/t11-,12+,16-/m0/s1. The monoisotopic (exact) mass is 414 g/mol. The Bertz CT molecular complexity index is 914. The second-order valence-corrected chi connectivity index (χ2v) is 7.03. The Labute approximate surface area is 159 Å². The smallest absolute Gasteiger partial charge is 0.437 e. The van der Waals surface area contributed by atoms with Crippen molar-refractivity contribution in [2.75, 3.05) is 0 Å². The molecule has 2 aromatic rings. The maximum atomic E-state index is 13.7. The number of carboxylic acids is 1. The van der Waals surface area contributed by atoms with Gasteiger partial charge in [0.2, 0.25) is 5.72 Å². The SMILES string of the molecule is O=C1N[C@H](c2ccc(C(=O)O)cc2)[C@@H](C(=O)c2cccs2)[C@](O)(C(F)(F)F)N1. The van der Waals surface area contributed by atoms with Gasteiger partial charge in [-0.15, -0.1) is 11.3 Å². The molecule has 0 saturated carbocycles. The molecule has 1 aromatic carbocycles. The van der Waals surface area contributed by atoms with Gasteiger partial charge in [-0.05, 0) is 29.1 Å². The summed E-state index contributed by atoms with van der Waals surface area (Å²) < 4.78 is 41.1. The van der Waals surface area contributed by atoms with Crippen molar-refractivity contribution in [1.29, 1.82) is 0 Å². The Hall–Kier alpha value is -2.92. The number of aliphatic hydroxyl groups is 1. The summed E-state index contributed by atoms with van der Waals surface area (Å²) in [6.45, 7) is 0. The molecule has 4 N–H and O–H groups in total. The first-order chi connectivity index (χ1) is 13.0. The number of nitrogens with one attached hydrogen (secondary N) is 2.